The lowest BCUT2D eigenvalue weighted by molar-refractivity contribution is -0.134. The van der Waals surface area contributed by atoms with Crippen LogP contribution in [-0.4, -0.2) is 49.4 Å². The normalized spacial score (nSPS) is 18.9. The monoisotopic (exact) mass is 343 g/mol. The summed E-state index contributed by atoms with van der Waals surface area (Å²) in [5, 5.41) is 2.86. The number of nitrogens with zero attached hydrogens (tertiary/aromatic N) is 2. The molecule has 1 aliphatic heterocycles. The summed E-state index contributed by atoms with van der Waals surface area (Å²) < 4.78 is 0. The number of carbonyl (C=O) groups excluding carboxylic acids is 2. The van der Waals surface area contributed by atoms with E-state index in [4.69, 9.17) is 0 Å². The molecule has 2 amide bonds. The number of amides is 2. The smallest absolute Gasteiger partial charge is 0.242 e. The Morgan fingerprint density at radius 2 is 1.80 bits per heavy atom. The third-order valence-corrected chi connectivity index (χ3v) is 5.39. The minimum absolute atomic E-state index is 0.0352. The highest BCUT2D eigenvalue weighted by Gasteiger charge is 2.24. The molecule has 2 aliphatic rings. The van der Waals surface area contributed by atoms with Gasteiger partial charge >= 0.3 is 0 Å². The zero-order valence-electron chi connectivity index (χ0n) is 15.2. The molecule has 1 saturated heterocycles. The van der Waals surface area contributed by atoms with Gasteiger partial charge in [-0.05, 0) is 37.5 Å². The molecule has 0 unspecified atom stereocenters. The van der Waals surface area contributed by atoms with Crippen LogP contribution in [0.15, 0.2) is 24.3 Å². The maximum Gasteiger partial charge on any atom is 0.242 e. The van der Waals surface area contributed by atoms with Crippen molar-refractivity contribution in [2.45, 2.75) is 39.0 Å². The van der Waals surface area contributed by atoms with Crippen molar-refractivity contribution >= 4 is 17.5 Å². The Morgan fingerprint density at radius 1 is 1.08 bits per heavy atom. The Hall–Kier alpha value is -2.04. The van der Waals surface area contributed by atoms with E-state index in [0.717, 1.165) is 38.8 Å². The average molecular weight is 343 g/mol. The van der Waals surface area contributed by atoms with E-state index >= 15 is 0 Å². The van der Waals surface area contributed by atoms with Crippen molar-refractivity contribution in [1.29, 1.82) is 0 Å². The van der Waals surface area contributed by atoms with Crippen molar-refractivity contribution in [3.63, 3.8) is 0 Å². The van der Waals surface area contributed by atoms with Gasteiger partial charge in [0.05, 0.1) is 6.54 Å². The zero-order chi connectivity index (χ0) is 17.6. The summed E-state index contributed by atoms with van der Waals surface area (Å²) in [5.41, 5.74) is 2.47. The maximum atomic E-state index is 12.4. The molecule has 0 atom stereocenters. The fourth-order valence-electron chi connectivity index (χ4n) is 3.82. The van der Waals surface area contributed by atoms with Crippen LogP contribution in [0.5, 0.6) is 0 Å². The summed E-state index contributed by atoms with van der Waals surface area (Å²) in [7, 11) is 0. The molecule has 1 saturated carbocycles. The van der Waals surface area contributed by atoms with Crippen molar-refractivity contribution in [3.05, 3.63) is 29.8 Å². The number of nitrogens with one attached hydrogen (secondary N) is 1. The van der Waals surface area contributed by atoms with Crippen LogP contribution >= 0.6 is 0 Å². The summed E-state index contributed by atoms with van der Waals surface area (Å²) in [6.07, 6.45) is 5.43. The van der Waals surface area contributed by atoms with Crippen LogP contribution in [0.25, 0.3) is 0 Å². The first-order valence-corrected chi connectivity index (χ1v) is 9.50. The molecule has 3 rings (SSSR count). The number of anilines is 1. The van der Waals surface area contributed by atoms with E-state index in [1.54, 1.807) is 0 Å². The summed E-state index contributed by atoms with van der Waals surface area (Å²) in [5.74, 6) is 0.208. The highest BCUT2D eigenvalue weighted by atomic mass is 16.2. The number of benzene rings is 1. The van der Waals surface area contributed by atoms with Crippen LogP contribution in [0.3, 0.4) is 0 Å². The Balaban J connectivity index is 1.43. The molecular formula is C20H29N3O2. The third-order valence-electron chi connectivity index (χ3n) is 5.39. The van der Waals surface area contributed by atoms with E-state index in [2.05, 4.69) is 41.4 Å². The molecule has 0 aromatic heterocycles. The van der Waals surface area contributed by atoms with Gasteiger partial charge in [-0.15, -0.1) is 0 Å². The number of hydrogen-bond acceptors (Lipinski definition) is 3. The van der Waals surface area contributed by atoms with Gasteiger partial charge in [0.2, 0.25) is 11.8 Å². The molecule has 0 bridgehead atoms. The van der Waals surface area contributed by atoms with E-state index < -0.39 is 0 Å². The van der Waals surface area contributed by atoms with Gasteiger partial charge in [0.15, 0.2) is 0 Å². The van der Waals surface area contributed by atoms with E-state index in [0.29, 0.717) is 13.1 Å². The van der Waals surface area contributed by atoms with Crippen molar-refractivity contribution < 1.29 is 9.59 Å². The minimum atomic E-state index is 0.0352. The fourth-order valence-corrected chi connectivity index (χ4v) is 3.82. The van der Waals surface area contributed by atoms with E-state index in [9.17, 15) is 9.59 Å². The largest absolute Gasteiger partial charge is 0.368 e. The molecule has 1 aliphatic carbocycles. The zero-order valence-corrected chi connectivity index (χ0v) is 15.2. The fraction of sp³-hybridized carbons (Fsp3) is 0.600. The van der Waals surface area contributed by atoms with E-state index in [1.165, 1.54) is 17.7 Å². The molecular weight excluding hydrogens is 314 g/mol. The van der Waals surface area contributed by atoms with E-state index in [1.807, 2.05) is 4.90 Å². The number of hydrogen-bond donors (Lipinski definition) is 1. The Labute approximate surface area is 150 Å². The van der Waals surface area contributed by atoms with Gasteiger partial charge in [0, 0.05) is 37.8 Å². The highest BCUT2D eigenvalue weighted by molar-refractivity contribution is 5.86. The third kappa shape index (κ3) is 4.74. The molecule has 25 heavy (non-hydrogen) atoms. The van der Waals surface area contributed by atoms with Crippen LogP contribution in [-0.2, 0) is 9.59 Å². The van der Waals surface area contributed by atoms with Gasteiger partial charge in [-0.2, -0.15) is 0 Å². The Morgan fingerprint density at radius 3 is 2.48 bits per heavy atom. The maximum absolute atomic E-state index is 12.4. The van der Waals surface area contributed by atoms with Crippen LogP contribution in [0.4, 0.5) is 5.69 Å². The molecule has 0 radical (unpaired) electrons. The van der Waals surface area contributed by atoms with Crippen LogP contribution in [0.2, 0.25) is 0 Å². The summed E-state index contributed by atoms with van der Waals surface area (Å²) in [6, 6.07) is 8.47. The lowest BCUT2D eigenvalue weighted by atomic mass is 9.89. The second kappa shape index (κ2) is 8.37. The SMILES string of the molecule is Cc1cccc(N2CCN(C(=O)CNC(=O)C3CCCCC3)CC2)c1. The van der Waals surface area contributed by atoms with Gasteiger partial charge in [0.25, 0.3) is 0 Å². The lowest BCUT2D eigenvalue weighted by Gasteiger charge is -2.36. The molecule has 2 fully saturated rings. The molecule has 1 heterocycles. The second-order valence-electron chi connectivity index (χ2n) is 7.26. The number of carbonyl (C=O) groups is 2. The summed E-state index contributed by atoms with van der Waals surface area (Å²) >= 11 is 0. The van der Waals surface area contributed by atoms with Crippen LogP contribution in [0, 0.1) is 12.8 Å². The standard InChI is InChI=1S/C20H29N3O2/c1-16-6-5-9-18(14-16)22-10-12-23(13-11-22)19(24)15-21-20(25)17-7-3-2-4-8-17/h5-6,9,14,17H,2-4,7-8,10-13,15H2,1H3,(H,21,25). The van der Waals surface area contributed by atoms with Crippen LogP contribution < -0.4 is 10.2 Å². The molecule has 0 spiro atoms. The van der Waals surface area contributed by atoms with Gasteiger partial charge in [0.1, 0.15) is 0 Å². The highest BCUT2D eigenvalue weighted by Crippen LogP contribution is 2.23. The number of rotatable bonds is 4. The van der Waals surface area contributed by atoms with Gasteiger partial charge < -0.3 is 15.1 Å². The summed E-state index contributed by atoms with van der Waals surface area (Å²) in [6.45, 7) is 5.34. The average Bonchev–Trinajstić information content (AvgIpc) is 2.66. The summed E-state index contributed by atoms with van der Waals surface area (Å²) in [4.78, 5) is 28.7. The molecule has 5 heteroatoms. The molecule has 1 N–H and O–H groups in total. The van der Waals surface area contributed by atoms with Crippen molar-refractivity contribution in [2.24, 2.45) is 5.92 Å². The van der Waals surface area contributed by atoms with Crippen molar-refractivity contribution in [1.82, 2.24) is 10.2 Å². The Kier molecular flexibility index (Phi) is 5.95. The molecule has 136 valence electrons. The first-order chi connectivity index (χ1) is 12.1. The van der Waals surface area contributed by atoms with E-state index in [-0.39, 0.29) is 24.3 Å². The molecule has 5 nitrogen and oxygen atoms in total. The minimum Gasteiger partial charge on any atom is -0.368 e. The lowest BCUT2D eigenvalue weighted by Crippen LogP contribution is -2.51. The first-order valence-electron chi connectivity index (χ1n) is 9.50. The van der Waals surface area contributed by atoms with Crippen molar-refractivity contribution in [3.8, 4) is 0 Å². The topological polar surface area (TPSA) is 52.6 Å². The second-order valence-corrected chi connectivity index (χ2v) is 7.26. The molecule has 1 aromatic rings. The Bertz CT molecular complexity index is 603. The number of aryl methyl sites for hydroxylation is 1. The predicted octanol–water partition coefficient (Wildman–Crippen LogP) is 2.34. The van der Waals surface area contributed by atoms with Gasteiger partial charge in [-0.1, -0.05) is 31.4 Å². The van der Waals surface area contributed by atoms with Gasteiger partial charge in [-0.25, -0.2) is 0 Å². The number of piperazine rings is 1. The van der Waals surface area contributed by atoms with Gasteiger partial charge in [-0.3, -0.25) is 9.59 Å². The quantitative estimate of drug-likeness (QED) is 0.913. The predicted molar refractivity (Wildman–Crippen MR) is 99.6 cm³/mol. The van der Waals surface area contributed by atoms with Crippen molar-refractivity contribution in [2.75, 3.05) is 37.6 Å². The molecule has 1 aromatic carbocycles. The van der Waals surface area contributed by atoms with Crippen LogP contribution in [0.1, 0.15) is 37.7 Å². The first kappa shape index (κ1) is 17.8.